The smallest absolute Gasteiger partial charge is 0.243 e. The van der Waals surface area contributed by atoms with Crippen molar-refractivity contribution >= 4 is 22.4 Å². The van der Waals surface area contributed by atoms with E-state index in [0.717, 1.165) is 23.8 Å². The molecule has 1 aliphatic rings. The fourth-order valence-electron chi connectivity index (χ4n) is 1.70. The Bertz CT molecular complexity index is 396. The topological polar surface area (TPSA) is 54.0 Å². The Morgan fingerprint density at radius 3 is 2.75 bits per heavy atom. The number of aryl methyl sites for hydroxylation is 1. The third-order valence-electron chi connectivity index (χ3n) is 2.75. The normalized spacial score (nSPS) is 19.6. The molecule has 1 fully saturated rings. The summed E-state index contributed by atoms with van der Waals surface area (Å²) < 4.78 is 0. The average molecular weight is 239 g/mol. The Morgan fingerprint density at radius 2 is 2.31 bits per heavy atom. The fourth-order valence-corrected chi connectivity index (χ4v) is 2.67. The van der Waals surface area contributed by atoms with E-state index in [4.69, 9.17) is 0 Å². The largest absolute Gasteiger partial charge is 0.306 e. The van der Waals surface area contributed by atoms with Gasteiger partial charge in [-0.25, -0.2) is 4.98 Å². The molecule has 1 saturated heterocycles. The first kappa shape index (κ1) is 11.5. The van der Waals surface area contributed by atoms with Gasteiger partial charge in [0.15, 0.2) is 5.13 Å². The minimum absolute atomic E-state index is 0.0216. The second kappa shape index (κ2) is 4.51. The van der Waals surface area contributed by atoms with Crippen LogP contribution in [-0.4, -0.2) is 23.5 Å². The van der Waals surface area contributed by atoms with Crippen molar-refractivity contribution in [1.29, 1.82) is 0 Å². The molecule has 5 heteroatoms. The van der Waals surface area contributed by atoms with E-state index < -0.39 is 0 Å². The molecular weight excluding hydrogens is 222 g/mol. The van der Waals surface area contributed by atoms with E-state index in [2.05, 4.69) is 29.5 Å². The number of nitrogens with zero attached hydrogens (tertiary/aromatic N) is 1. The highest BCUT2D eigenvalue weighted by Gasteiger charge is 2.25. The van der Waals surface area contributed by atoms with Crippen molar-refractivity contribution in [1.82, 2.24) is 10.3 Å². The van der Waals surface area contributed by atoms with Crippen LogP contribution in [0.15, 0.2) is 0 Å². The number of amides is 1. The molecule has 1 aromatic heterocycles. The lowest BCUT2D eigenvalue weighted by Crippen LogP contribution is -2.50. The van der Waals surface area contributed by atoms with E-state index in [1.807, 2.05) is 6.92 Å². The lowest BCUT2D eigenvalue weighted by atomic mass is 10.1. The van der Waals surface area contributed by atoms with Crippen LogP contribution < -0.4 is 10.6 Å². The van der Waals surface area contributed by atoms with Gasteiger partial charge in [0.05, 0.1) is 11.7 Å². The van der Waals surface area contributed by atoms with Gasteiger partial charge in [-0.05, 0) is 25.8 Å². The maximum absolute atomic E-state index is 11.7. The number of hydrogen-bond donors (Lipinski definition) is 2. The molecule has 0 unspecified atom stereocenters. The summed E-state index contributed by atoms with van der Waals surface area (Å²) in [7, 11) is 0. The van der Waals surface area contributed by atoms with E-state index in [-0.39, 0.29) is 11.9 Å². The summed E-state index contributed by atoms with van der Waals surface area (Å²) in [5.41, 5.74) is 1.09. The van der Waals surface area contributed by atoms with Crippen molar-refractivity contribution in [2.45, 2.75) is 39.2 Å². The minimum Gasteiger partial charge on any atom is -0.306 e. The first-order valence-electron chi connectivity index (χ1n) is 5.59. The summed E-state index contributed by atoms with van der Waals surface area (Å²) in [4.78, 5) is 17.3. The van der Waals surface area contributed by atoms with E-state index >= 15 is 0 Å². The van der Waals surface area contributed by atoms with E-state index in [0.29, 0.717) is 5.92 Å². The number of hydrogen-bond acceptors (Lipinski definition) is 4. The highest BCUT2D eigenvalue weighted by Crippen LogP contribution is 2.27. The van der Waals surface area contributed by atoms with Crippen LogP contribution in [0.2, 0.25) is 0 Å². The van der Waals surface area contributed by atoms with Gasteiger partial charge in [0, 0.05) is 4.88 Å². The molecule has 2 N–H and O–H groups in total. The molecule has 4 nitrogen and oxygen atoms in total. The molecule has 1 aliphatic heterocycles. The summed E-state index contributed by atoms with van der Waals surface area (Å²) in [5.74, 6) is 0.444. The van der Waals surface area contributed by atoms with Gasteiger partial charge >= 0.3 is 0 Å². The van der Waals surface area contributed by atoms with Crippen molar-refractivity contribution in [3.8, 4) is 0 Å². The van der Waals surface area contributed by atoms with E-state index in [9.17, 15) is 4.79 Å². The Morgan fingerprint density at radius 1 is 1.62 bits per heavy atom. The second-order valence-electron chi connectivity index (χ2n) is 4.40. The SMILES string of the molecule is Cc1sc(NC(=O)[C@H]2CCN2)nc1C(C)C. The quantitative estimate of drug-likeness (QED) is 0.846. The van der Waals surface area contributed by atoms with Crippen LogP contribution in [0.25, 0.3) is 0 Å². The standard InChI is InChI=1S/C11H17N3OS/c1-6(2)9-7(3)16-11(13-9)14-10(15)8-4-5-12-8/h6,8,12H,4-5H2,1-3H3,(H,13,14,15)/t8-/m1/s1. The third kappa shape index (κ3) is 2.25. The molecule has 1 aromatic rings. The van der Waals surface area contributed by atoms with Gasteiger partial charge < -0.3 is 10.6 Å². The van der Waals surface area contributed by atoms with Gasteiger partial charge in [-0.3, -0.25) is 4.79 Å². The number of carbonyl (C=O) groups is 1. The summed E-state index contributed by atoms with van der Waals surface area (Å²) in [5, 5.41) is 6.66. The molecule has 0 saturated carbocycles. The zero-order valence-corrected chi connectivity index (χ0v) is 10.6. The number of rotatable bonds is 3. The minimum atomic E-state index is -0.0216. The van der Waals surface area contributed by atoms with E-state index in [1.165, 1.54) is 4.88 Å². The van der Waals surface area contributed by atoms with Crippen molar-refractivity contribution in [2.75, 3.05) is 11.9 Å². The lowest BCUT2D eigenvalue weighted by molar-refractivity contribution is -0.119. The molecule has 0 spiro atoms. The number of nitrogens with one attached hydrogen (secondary N) is 2. The first-order valence-corrected chi connectivity index (χ1v) is 6.41. The summed E-state index contributed by atoms with van der Waals surface area (Å²) in [6.07, 6.45) is 0.924. The number of thiazole rings is 1. The number of aromatic nitrogens is 1. The summed E-state index contributed by atoms with van der Waals surface area (Å²) in [6.45, 7) is 7.21. The van der Waals surface area contributed by atoms with Crippen molar-refractivity contribution in [2.24, 2.45) is 0 Å². The van der Waals surface area contributed by atoms with Crippen molar-refractivity contribution in [3.63, 3.8) is 0 Å². The maximum Gasteiger partial charge on any atom is 0.243 e. The Labute approximate surface area is 99.5 Å². The first-order chi connectivity index (χ1) is 7.58. The molecule has 2 heterocycles. The Balaban J connectivity index is 2.04. The fraction of sp³-hybridized carbons (Fsp3) is 0.636. The van der Waals surface area contributed by atoms with Crippen LogP contribution in [0.4, 0.5) is 5.13 Å². The van der Waals surface area contributed by atoms with Gasteiger partial charge in [0.25, 0.3) is 0 Å². The third-order valence-corrected chi connectivity index (χ3v) is 3.65. The molecule has 0 bridgehead atoms. The van der Waals surface area contributed by atoms with Gasteiger partial charge in [-0.2, -0.15) is 0 Å². The number of carbonyl (C=O) groups excluding carboxylic acids is 1. The van der Waals surface area contributed by atoms with Crippen LogP contribution in [-0.2, 0) is 4.79 Å². The highest BCUT2D eigenvalue weighted by molar-refractivity contribution is 7.15. The van der Waals surface area contributed by atoms with Crippen LogP contribution in [0.3, 0.4) is 0 Å². The maximum atomic E-state index is 11.7. The van der Waals surface area contributed by atoms with Gasteiger partial charge in [-0.1, -0.05) is 13.8 Å². The zero-order valence-electron chi connectivity index (χ0n) is 9.83. The Kier molecular flexibility index (Phi) is 3.25. The Hall–Kier alpha value is -0.940. The molecule has 1 atom stereocenters. The van der Waals surface area contributed by atoms with Gasteiger partial charge in [-0.15, -0.1) is 11.3 Å². The van der Waals surface area contributed by atoms with Crippen molar-refractivity contribution < 1.29 is 4.79 Å². The molecule has 0 aliphatic carbocycles. The van der Waals surface area contributed by atoms with Crippen LogP contribution >= 0.6 is 11.3 Å². The molecule has 1 amide bonds. The van der Waals surface area contributed by atoms with Gasteiger partial charge in [0.2, 0.25) is 5.91 Å². The van der Waals surface area contributed by atoms with Crippen LogP contribution in [0.5, 0.6) is 0 Å². The van der Waals surface area contributed by atoms with E-state index in [1.54, 1.807) is 11.3 Å². The molecule has 0 aromatic carbocycles. The molecular formula is C11H17N3OS. The molecule has 2 rings (SSSR count). The van der Waals surface area contributed by atoms with Gasteiger partial charge in [0.1, 0.15) is 0 Å². The molecule has 16 heavy (non-hydrogen) atoms. The van der Waals surface area contributed by atoms with Crippen molar-refractivity contribution in [3.05, 3.63) is 10.6 Å². The predicted octanol–water partition coefficient (Wildman–Crippen LogP) is 1.88. The lowest BCUT2D eigenvalue weighted by Gasteiger charge is -2.25. The summed E-state index contributed by atoms with van der Waals surface area (Å²) >= 11 is 1.55. The van der Waals surface area contributed by atoms with Crippen LogP contribution in [0.1, 0.15) is 36.8 Å². The molecule has 88 valence electrons. The monoisotopic (exact) mass is 239 g/mol. The zero-order chi connectivity index (χ0) is 11.7. The predicted molar refractivity (Wildman–Crippen MR) is 66.0 cm³/mol. The van der Waals surface area contributed by atoms with Crippen LogP contribution in [0, 0.1) is 6.92 Å². The summed E-state index contributed by atoms with van der Waals surface area (Å²) in [6, 6.07) is -0.0216. The number of anilines is 1. The highest BCUT2D eigenvalue weighted by atomic mass is 32.1. The molecule has 0 radical (unpaired) electrons. The second-order valence-corrected chi connectivity index (χ2v) is 5.60. The average Bonchev–Trinajstić information content (AvgIpc) is 2.43.